The Morgan fingerprint density at radius 2 is 1.95 bits per heavy atom. The van der Waals surface area contributed by atoms with Crippen molar-refractivity contribution < 1.29 is 19.4 Å². The van der Waals surface area contributed by atoms with Gasteiger partial charge in [0, 0.05) is 17.5 Å². The molecule has 10 nitrogen and oxygen atoms in total. The number of benzene rings is 1. The van der Waals surface area contributed by atoms with Crippen molar-refractivity contribution in [2.45, 2.75) is 45.1 Å². The van der Waals surface area contributed by atoms with Gasteiger partial charge in [-0.05, 0) is 44.0 Å². The molecule has 4 heterocycles. The number of nitrogens with zero attached hydrogens (tertiary/aromatic N) is 4. The maximum absolute atomic E-state index is 12.9. The lowest BCUT2D eigenvalue weighted by atomic mass is 10.0. The topological polar surface area (TPSA) is 143 Å². The molecule has 4 aromatic heterocycles. The third-order valence-electron chi connectivity index (χ3n) is 6.73. The Bertz CT molecular complexity index is 1670. The van der Waals surface area contributed by atoms with E-state index in [0.717, 1.165) is 35.0 Å². The molecule has 1 aromatic carbocycles. The number of hydrogen-bond donors (Lipinski definition) is 3. The van der Waals surface area contributed by atoms with Crippen LogP contribution in [0.1, 0.15) is 69.8 Å². The summed E-state index contributed by atoms with van der Waals surface area (Å²) in [4.78, 5) is 46.8. The minimum Gasteiger partial charge on any atom is -0.506 e. The summed E-state index contributed by atoms with van der Waals surface area (Å²) < 4.78 is 5.57. The lowest BCUT2D eigenvalue weighted by molar-refractivity contribution is 0.0935. The number of ether oxygens (including phenoxy) is 1. The second-order valence-electron chi connectivity index (χ2n) is 9.65. The lowest BCUT2D eigenvalue weighted by Crippen LogP contribution is -2.28. The highest BCUT2D eigenvalue weighted by Crippen LogP contribution is 2.32. The maximum Gasteiger partial charge on any atom is 0.263 e. The SMILES string of the molecule is COc1nc2ccccc2cc1-c1cnc([C@H](CCCCCC(=O)c2nc(C)ccc2O)NC(=O)c2cncs2)[nH]1. The number of para-hydroxylation sites is 1. The third kappa shape index (κ3) is 6.58. The number of ketones is 1. The highest BCUT2D eigenvalue weighted by Gasteiger charge is 2.21. The molecule has 3 N–H and O–H groups in total. The molecule has 1 amide bonds. The number of unbranched alkanes of at least 4 members (excludes halogenated alkanes) is 2. The summed E-state index contributed by atoms with van der Waals surface area (Å²) in [5.74, 6) is 0.575. The smallest absolute Gasteiger partial charge is 0.263 e. The fraction of sp³-hybridized carbons (Fsp3) is 0.267. The fourth-order valence-corrected chi connectivity index (χ4v) is 5.14. The number of aromatic nitrogens is 5. The number of aromatic hydroxyl groups is 1. The number of carbonyl (C=O) groups excluding carboxylic acids is 2. The monoisotopic (exact) mass is 570 g/mol. The van der Waals surface area contributed by atoms with Crippen LogP contribution in [0.5, 0.6) is 11.6 Å². The van der Waals surface area contributed by atoms with Gasteiger partial charge >= 0.3 is 0 Å². The molecule has 0 aliphatic rings. The highest BCUT2D eigenvalue weighted by molar-refractivity contribution is 7.11. The minimum atomic E-state index is -0.393. The summed E-state index contributed by atoms with van der Waals surface area (Å²) in [5.41, 5.74) is 4.73. The maximum atomic E-state index is 12.9. The van der Waals surface area contributed by atoms with Crippen LogP contribution in [0.4, 0.5) is 0 Å². The summed E-state index contributed by atoms with van der Waals surface area (Å²) in [6.45, 7) is 1.78. The van der Waals surface area contributed by atoms with Crippen LogP contribution in [-0.2, 0) is 0 Å². The number of carbonyl (C=O) groups is 2. The molecule has 41 heavy (non-hydrogen) atoms. The summed E-state index contributed by atoms with van der Waals surface area (Å²) in [6, 6.07) is 12.6. The summed E-state index contributed by atoms with van der Waals surface area (Å²) in [7, 11) is 1.58. The molecule has 0 saturated carbocycles. The number of aromatic amines is 1. The van der Waals surface area contributed by atoms with Gasteiger partial charge in [0.25, 0.3) is 5.91 Å². The molecule has 0 fully saturated rings. The average molecular weight is 571 g/mol. The van der Waals surface area contributed by atoms with Crippen molar-refractivity contribution in [3.05, 3.63) is 82.5 Å². The highest BCUT2D eigenvalue weighted by atomic mass is 32.1. The van der Waals surface area contributed by atoms with E-state index in [-0.39, 0.29) is 29.6 Å². The molecular formula is C30H30N6O4S. The number of hydrogen-bond acceptors (Lipinski definition) is 9. The van der Waals surface area contributed by atoms with Crippen molar-refractivity contribution in [1.29, 1.82) is 0 Å². The Hall–Kier alpha value is -4.64. The number of H-pyrrole nitrogens is 1. The van der Waals surface area contributed by atoms with Gasteiger partial charge in [-0.1, -0.05) is 31.0 Å². The Morgan fingerprint density at radius 1 is 1.10 bits per heavy atom. The summed E-state index contributed by atoms with van der Waals surface area (Å²) >= 11 is 1.27. The van der Waals surface area contributed by atoms with E-state index in [2.05, 4.69) is 30.2 Å². The van der Waals surface area contributed by atoms with Gasteiger partial charge in [0.15, 0.2) is 5.78 Å². The first kappa shape index (κ1) is 27.9. The van der Waals surface area contributed by atoms with Crippen molar-refractivity contribution in [2.24, 2.45) is 0 Å². The number of aryl methyl sites for hydroxylation is 1. The molecule has 210 valence electrons. The number of thiazole rings is 1. The molecule has 0 radical (unpaired) electrons. The van der Waals surface area contributed by atoms with Crippen LogP contribution in [0.2, 0.25) is 0 Å². The van der Waals surface area contributed by atoms with Gasteiger partial charge in [0.05, 0.1) is 47.8 Å². The van der Waals surface area contributed by atoms with Gasteiger partial charge in [-0.2, -0.15) is 0 Å². The van der Waals surface area contributed by atoms with Crippen molar-refractivity contribution in [2.75, 3.05) is 7.11 Å². The number of methoxy groups -OCH3 is 1. The summed E-state index contributed by atoms with van der Waals surface area (Å²) in [5, 5.41) is 14.0. The van der Waals surface area contributed by atoms with Gasteiger partial charge in [-0.15, -0.1) is 11.3 Å². The molecule has 11 heteroatoms. The normalized spacial score (nSPS) is 11.9. The van der Waals surface area contributed by atoms with E-state index in [9.17, 15) is 14.7 Å². The number of amides is 1. The van der Waals surface area contributed by atoms with Gasteiger partial charge in [0.1, 0.15) is 22.1 Å². The quantitative estimate of drug-likeness (QED) is 0.126. The number of rotatable bonds is 12. The van der Waals surface area contributed by atoms with Crippen LogP contribution in [0.25, 0.3) is 22.2 Å². The van der Waals surface area contributed by atoms with Crippen molar-refractivity contribution in [3.63, 3.8) is 0 Å². The number of nitrogens with one attached hydrogen (secondary N) is 2. The van der Waals surface area contributed by atoms with E-state index in [0.29, 0.717) is 35.1 Å². The molecule has 0 bridgehead atoms. The van der Waals surface area contributed by atoms with E-state index in [1.54, 1.807) is 31.8 Å². The first-order valence-corrected chi connectivity index (χ1v) is 14.2. The third-order valence-corrected chi connectivity index (χ3v) is 7.51. The lowest BCUT2D eigenvalue weighted by Gasteiger charge is -2.16. The van der Waals surface area contributed by atoms with Gasteiger partial charge in [-0.25, -0.2) is 15.0 Å². The fourth-order valence-electron chi connectivity index (χ4n) is 4.62. The number of imidazole rings is 1. The minimum absolute atomic E-state index is 0.0988. The van der Waals surface area contributed by atoms with Crippen LogP contribution in [-0.4, -0.2) is 48.8 Å². The van der Waals surface area contributed by atoms with E-state index in [1.807, 2.05) is 30.3 Å². The predicted octanol–water partition coefficient (Wildman–Crippen LogP) is 5.80. The van der Waals surface area contributed by atoms with Crippen LogP contribution in [0, 0.1) is 6.92 Å². The molecule has 0 aliphatic carbocycles. The molecule has 0 aliphatic heterocycles. The van der Waals surface area contributed by atoms with Gasteiger partial charge < -0.3 is 20.1 Å². The van der Waals surface area contributed by atoms with Crippen molar-refractivity contribution in [1.82, 2.24) is 30.2 Å². The first-order chi connectivity index (χ1) is 19.9. The van der Waals surface area contributed by atoms with Crippen molar-refractivity contribution in [3.8, 4) is 22.9 Å². The molecule has 0 unspecified atom stereocenters. The number of fused-ring (bicyclic) bond motifs is 1. The van der Waals surface area contributed by atoms with Gasteiger partial charge in [-0.3, -0.25) is 14.6 Å². The molecule has 5 rings (SSSR count). The van der Waals surface area contributed by atoms with E-state index in [1.165, 1.54) is 23.6 Å². The zero-order valence-corrected chi connectivity index (χ0v) is 23.6. The second-order valence-corrected chi connectivity index (χ2v) is 10.5. The Labute approximate surface area is 240 Å². The van der Waals surface area contributed by atoms with Gasteiger partial charge in [0.2, 0.25) is 5.88 Å². The predicted molar refractivity (Wildman–Crippen MR) is 156 cm³/mol. The first-order valence-electron chi connectivity index (χ1n) is 13.3. The zero-order chi connectivity index (χ0) is 28.8. The number of Topliss-reactive ketones (excluding diaryl/α,β-unsaturated/α-hetero) is 1. The standard InChI is InChI=1S/C30H30N6O4S/c1-18-12-13-25(38)27(33-18)24(37)11-5-3-4-10-22(35-29(39)26-16-31-17-41-26)28-32-15-23(34-28)20-14-19-8-6-7-9-21(19)36-30(20)40-2/h6-9,12-17,22,38H,3-5,10-11H2,1-2H3,(H,32,34)(H,35,39)/t22-/m0/s1. The van der Waals surface area contributed by atoms with Crippen LogP contribution < -0.4 is 10.1 Å². The Kier molecular flexibility index (Phi) is 8.64. The molecule has 1 atom stereocenters. The average Bonchev–Trinajstić information content (AvgIpc) is 3.70. The summed E-state index contributed by atoms with van der Waals surface area (Å²) in [6.07, 6.45) is 6.26. The van der Waals surface area contributed by atoms with Crippen LogP contribution >= 0.6 is 11.3 Å². The van der Waals surface area contributed by atoms with E-state index < -0.39 is 6.04 Å². The largest absolute Gasteiger partial charge is 0.506 e. The van der Waals surface area contributed by atoms with Crippen molar-refractivity contribution >= 4 is 33.9 Å². The molecule has 0 spiro atoms. The second kappa shape index (κ2) is 12.7. The Balaban J connectivity index is 1.29. The molecular weight excluding hydrogens is 540 g/mol. The van der Waals surface area contributed by atoms with E-state index >= 15 is 0 Å². The van der Waals surface area contributed by atoms with Crippen LogP contribution in [0.3, 0.4) is 0 Å². The molecule has 0 saturated heterocycles. The van der Waals surface area contributed by atoms with E-state index in [4.69, 9.17) is 4.74 Å². The number of pyridine rings is 2. The molecule has 5 aromatic rings. The van der Waals surface area contributed by atoms with Crippen LogP contribution in [0.15, 0.2) is 60.4 Å². The Morgan fingerprint density at radius 3 is 2.76 bits per heavy atom. The zero-order valence-electron chi connectivity index (χ0n) is 22.8.